The van der Waals surface area contributed by atoms with Crippen LogP contribution in [-0.4, -0.2) is 17.6 Å². The normalized spacial score (nSPS) is 16.8. The highest BCUT2D eigenvalue weighted by molar-refractivity contribution is 6.05. The second-order valence-electron chi connectivity index (χ2n) is 7.03. The van der Waals surface area contributed by atoms with Gasteiger partial charge in [-0.05, 0) is 44.5 Å². The largest absolute Gasteiger partial charge is 0.460 e. The van der Waals surface area contributed by atoms with Crippen LogP contribution >= 0.6 is 0 Å². The third kappa shape index (κ3) is 3.82. The Hall–Kier alpha value is -2.82. The van der Waals surface area contributed by atoms with Gasteiger partial charge in [0.05, 0.1) is 12.5 Å². The highest BCUT2D eigenvalue weighted by atomic mass is 16.6. The first-order valence-electron chi connectivity index (χ1n) is 8.31. The average molecular weight is 338 g/mol. The molecule has 25 heavy (non-hydrogen) atoms. The van der Waals surface area contributed by atoms with Crippen molar-refractivity contribution in [2.75, 3.05) is 10.2 Å². The molecule has 5 heteroatoms. The lowest BCUT2D eigenvalue weighted by Gasteiger charge is -2.37. The van der Waals surface area contributed by atoms with Gasteiger partial charge >= 0.3 is 12.0 Å². The Morgan fingerprint density at radius 3 is 2.40 bits per heavy atom. The van der Waals surface area contributed by atoms with Crippen molar-refractivity contribution in [3.8, 4) is 0 Å². The fourth-order valence-corrected chi connectivity index (χ4v) is 2.99. The molecule has 2 aromatic rings. The Labute approximate surface area is 147 Å². The first-order valence-corrected chi connectivity index (χ1v) is 8.31. The molecular formula is C20H22N2O3. The van der Waals surface area contributed by atoms with E-state index in [9.17, 15) is 9.59 Å². The molecule has 1 N–H and O–H groups in total. The second-order valence-corrected chi connectivity index (χ2v) is 7.03. The average Bonchev–Trinajstić information content (AvgIpc) is 2.54. The Morgan fingerprint density at radius 2 is 1.72 bits per heavy atom. The summed E-state index contributed by atoms with van der Waals surface area (Å²) in [7, 11) is 0. The van der Waals surface area contributed by atoms with Crippen molar-refractivity contribution >= 4 is 23.4 Å². The van der Waals surface area contributed by atoms with Crippen molar-refractivity contribution in [1.29, 1.82) is 0 Å². The molecule has 1 heterocycles. The number of rotatable bonds is 3. The molecule has 0 fully saturated rings. The Morgan fingerprint density at radius 1 is 1.08 bits per heavy atom. The molecule has 2 aromatic carbocycles. The second kappa shape index (κ2) is 6.59. The van der Waals surface area contributed by atoms with Crippen LogP contribution in [-0.2, 0) is 9.53 Å². The predicted octanol–water partition coefficient (Wildman–Crippen LogP) is 4.51. The quantitative estimate of drug-likeness (QED) is 0.838. The molecule has 1 aliphatic heterocycles. The van der Waals surface area contributed by atoms with E-state index in [-0.39, 0.29) is 18.4 Å². The van der Waals surface area contributed by atoms with E-state index in [0.29, 0.717) is 0 Å². The maximum Gasteiger partial charge on any atom is 0.326 e. The van der Waals surface area contributed by atoms with Gasteiger partial charge in [-0.3, -0.25) is 9.69 Å². The van der Waals surface area contributed by atoms with E-state index in [2.05, 4.69) is 5.32 Å². The summed E-state index contributed by atoms with van der Waals surface area (Å²) in [6, 6.07) is 16.2. The summed E-state index contributed by atoms with van der Waals surface area (Å²) in [6.45, 7) is 5.50. The monoisotopic (exact) mass is 338 g/mol. The number of amides is 2. The number of para-hydroxylation sites is 2. The van der Waals surface area contributed by atoms with Crippen LogP contribution in [0, 0.1) is 0 Å². The molecule has 0 aromatic heterocycles. The molecule has 130 valence electrons. The van der Waals surface area contributed by atoms with E-state index in [1.165, 1.54) is 0 Å². The summed E-state index contributed by atoms with van der Waals surface area (Å²) in [5, 5.41) is 2.89. The number of carbonyl (C=O) groups is 2. The molecule has 0 aliphatic carbocycles. The minimum atomic E-state index is -0.564. The van der Waals surface area contributed by atoms with Gasteiger partial charge in [-0.25, -0.2) is 4.79 Å². The predicted molar refractivity (Wildman–Crippen MR) is 97.6 cm³/mol. The summed E-state index contributed by atoms with van der Waals surface area (Å²) in [6.07, 6.45) is 0.0938. The van der Waals surface area contributed by atoms with Gasteiger partial charge in [-0.1, -0.05) is 36.4 Å². The van der Waals surface area contributed by atoms with Crippen LogP contribution in [0.5, 0.6) is 0 Å². The lowest BCUT2D eigenvalue weighted by Crippen LogP contribution is -2.43. The molecule has 1 unspecified atom stereocenters. The maximum atomic E-state index is 12.7. The Kier molecular flexibility index (Phi) is 4.49. The molecule has 1 aliphatic rings. The van der Waals surface area contributed by atoms with Gasteiger partial charge in [0.1, 0.15) is 5.60 Å². The van der Waals surface area contributed by atoms with E-state index < -0.39 is 11.6 Å². The van der Waals surface area contributed by atoms with E-state index in [1.807, 2.05) is 75.4 Å². The smallest absolute Gasteiger partial charge is 0.326 e. The van der Waals surface area contributed by atoms with Crippen LogP contribution in [0.15, 0.2) is 54.6 Å². The number of nitrogens with one attached hydrogen (secondary N) is 1. The molecule has 5 nitrogen and oxygen atoms in total. The molecule has 0 radical (unpaired) electrons. The van der Waals surface area contributed by atoms with Gasteiger partial charge in [0, 0.05) is 11.4 Å². The highest BCUT2D eigenvalue weighted by Gasteiger charge is 2.35. The minimum absolute atomic E-state index is 0.0938. The number of anilines is 2. The Balaban J connectivity index is 1.98. The van der Waals surface area contributed by atoms with E-state index in [1.54, 1.807) is 4.90 Å². The number of nitrogens with zero attached hydrogens (tertiary/aromatic N) is 1. The Bertz CT molecular complexity index is 781. The van der Waals surface area contributed by atoms with Crippen molar-refractivity contribution < 1.29 is 14.3 Å². The summed E-state index contributed by atoms with van der Waals surface area (Å²) in [5.74, 6) is -0.331. The maximum absolute atomic E-state index is 12.7. The number of fused-ring (bicyclic) bond motifs is 1. The number of carbonyl (C=O) groups excluding carboxylic acids is 2. The van der Waals surface area contributed by atoms with E-state index in [0.717, 1.165) is 16.9 Å². The topological polar surface area (TPSA) is 58.6 Å². The lowest BCUT2D eigenvalue weighted by molar-refractivity contribution is -0.155. The van der Waals surface area contributed by atoms with Gasteiger partial charge in [-0.2, -0.15) is 0 Å². The van der Waals surface area contributed by atoms with Crippen molar-refractivity contribution in [3.05, 3.63) is 60.2 Å². The zero-order valence-corrected chi connectivity index (χ0v) is 14.7. The van der Waals surface area contributed by atoms with Gasteiger partial charge in [0.25, 0.3) is 0 Å². The number of hydrogen-bond acceptors (Lipinski definition) is 3. The van der Waals surface area contributed by atoms with E-state index >= 15 is 0 Å². The van der Waals surface area contributed by atoms with Crippen LogP contribution < -0.4 is 10.2 Å². The van der Waals surface area contributed by atoms with Gasteiger partial charge in [-0.15, -0.1) is 0 Å². The number of hydrogen-bond donors (Lipinski definition) is 1. The zero-order chi connectivity index (χ0) is 18.0. The van der Waals surface area contributed by atoms with Crippen LogP contribution in [0.3, 0.4) is 0 Å². The lowest BCUT2D eigenvalue weighted by atomic mass is 9.97. The number of ether oxygens (including phenoxy) is 1. The molecular weight excluding hydrogens is 316 g/mol. The van der Waals surface area contributed by atoms with Crippen molar-refractivity contribution in [2.24, 2.45) is 0 Å². The van der Waals surface area contributed by atoms with Crippen LogP contribution in [0.25, 0.3) is 0 Å². The summed E-state index contributed by atoms with van der Waals surface area (Å²) < 4.78 is 5.48. The van der Waals surface area contributed by atoms with E-state index in [4.69, 9.17) is 4.74 Å². The first kappa shape index (κ1) is 17.0. The molecule has 0 saturated carbocycles. The first-order chi connectivity index (χ1) is 11.8. The third-order valence-electron chi connectivity index (χ3n) is 3.91. The number of urea groups is 1. The summed E-state index contributed by atoms with van der Waals surface area (Å²) >= 11 is 0. The number of benzene rings is 2. The molecule has 0 saturated heterocycles. The van der Waals surface area contributed by atoms with Gasteiger partial charge < -0.3 is 10.1 Å². The fraction of sp³-hybridized carbons (Fsp3) is 0.300. The summed E-state index contributed by atoms with van der Waals surface area (Å²) in [4.78, 5) is 26.8. The van der Waals surface area contributed by atoms with Crippen molar-refractivity contribution in [1.82, 2.24) is 0 Å². The fourth-order valence-electron chi connectivity index (χ4n) is 2.99. The van der Waals surface area contributed by atoms with Crippen LogP contribution in [0.1, 0.15) is 38.8 Å². The van der Waals surface area contributed by atoms with Gasteiger partial charge in [0.2, 0.25) is 0 Å². The zero-order valence-electron chi connectivity index (χ0n) is 14.7. The SMILES string of the molecule is CC(C)(C)OC(=O)CC1c2ccccc2NC(=O)N1c1ccccc1. The third-order valence-corrected chi connectivity index (χ3v) is 3.91. The molecule has 0 spiro atoms. The molecule has 3 rings (SSSR count). The minimum Gasteiger partial charge on any atom is -0.460 e. The molecule has 2 amide bonds. The highest BCUT2D eigenvalue weighted by Crippen LogP contribution is 2.38. The standard InChI is InChI=1S/C20H22N2O3/c1-20(2,3)25-18(23)13-17-15-11-7-8-12-16(15)21-19(24)22(17)14-9-5-4-6-10-14/h4-12,17H,13H2,1-3H3,(H,21,24). The molecule has 1 atom stereocenters. The number of esters is 1. The summed E-state index contributed by atoms with van der Waals surface area (Å²) in [5.41, 5.74) is 1.80. The molecule has 0 bridgehead atoms. The van der Waals surface area contributed by atoms with Gasteiger partial charge in [0.15, 0.2) is 0 Å². The van der Waals surface area contributed by atoms with Crippen molar-refractivity contribution in [3.63, 3.8) is 0 Å². The van der Waals surface area contributed by atoms with Crippen LogP contribution in [0.2, 0.25) is 0 Å². The van der Waals surface area contributed by atoms with Crippen molar-refractivity contribution in [2.45, 2.75) is 38.8 Å². The van der Waals surface area contributed by atoms with Crippen LogP contribution in [0.4, 0.5) is 16.2 Å².